The highest BCUT2D eigenvalue weighted by atomic mass is 15.1. The Balaban J connectivity index is 2.80. The highest BCUT2D eigenvalue weighted by Gasteiger charge is 2.04. The van der Waals surface area contributed by atoms with E-state index in [-0.39, 0.29) is 0 Å². The topological polar surface area (TPSA) is 37.0 Å². The van der Waals surface area contributed by atoms with Crippen molar-refractivity contribution in [2.45, 2.75) is 39.8 Å². The monoisotopic (exact) mass is 193 g/mol. The Kier molecular flexibility index (Phi) is 3.74. The molecule has 0 atom stereocenters. The van der Waals surface area contributed by atoms with Crippen LogP contribution in [-0.2, 0) is 0 Å². The zero-order valence-electron chi connectivity index (χ0n) is 9.33. The van der Waals surface area contributed by atoms with Crippen molar-refractivity contribution in [1.29, 1.82) is 0 Å². The van der Waals surface area contributed by atoms with Crippen molar-refractivity contribution < 1.29 is 0 Å². The summed E-state index contributed by atoms with van der Waals surface area (Å²) < 4.78 is 0. The summed E-state index contributed by atoms with van der Waals surface area (Å²) >= 11 is 0. The van der Waals surface area contributed by atoms with Gasteiger partial charge in [0.25, 0.3) is 0 Å². The van der Waals surface area contributed by atoms with Crippen LogP contribution in [0.15, 0.2) is 18.3 Å². The first kappa shape index (κ1) is 10.8. The van der Waals surface area contributed by atoms with Gasteiger partial charge in [-0.05, 0) is 39.8 Å². The average Bonchev–Trinajstić information content (AvgIpc) is 2.06. The van der Waals surface area contributed by atoms with Gasteiger partial charge in [0.05, 0.1) is 5.69 Å². The lowest BCUT2D eigenvalue weighted by atomic mass is 10.3. The maximum Gasteiger partial charge on any atom is 0.149 e. The number of rotatable bonds is 4. The van der Waals surface area contributed by atoms with Gasteiger partial charge in [-0.2, -0.15) is 0 Å². The molecule has 0 saturated heterocycles. The summed E-state index contributed by atoms with van der Waals surface area (Å²) in [5.41, 5.74) is 1.07. The third-order valence-electron chi connectivity index (χ3n) is 1.68. The molecule has 1 aromatic heterocycles. The van der Waals surface area contributed by atoms with E-state index in [1.807, 2.05) is 12.1 Å². The number of nitrogens with zero attached hydrogens (tertiary/aromatic N) is 1. The van der Waals surface area contributed by atoms with Gasteiger partial charge in [-0.15, -0.1) is 0 Å². The molecule has 0 aromatic carbocycles. The van der Waals surface area contributed by atoms with Crippen molar-refractivity contribution in [2.24, 2.45) is 0 Å². The van der Waals surface area contributed by atoms with Crippen LogP contribution in [0.4, 0.5) is 11.5 Å². The van der Waals surface area contributed by atoms with E-state index in [0.29, 0.717) is 12.1 Å². The third kappa shape index (κ3) is 3.24. The molecule has 0 unspecified atom stereocenters. The summed E-state index contributed by atoms with van der Waals surface area (Å²) in [5, 5.41) is 6.66. The molecule has 0 aliphatic carbocycles. The molecule has 3 nitrogen and oxygen atoms in total. The number of hydrogen-bond donors (Lipinski definition) is 2. The Morgan fingerprint density at radius 3 is 2.29 bits per heavy atom. The molecule has 3 heteroatoms. The van der Waals surface area contributed by atoms with Gasteiger partial charge in [-0.3, -0.25) is 0 Å². The second kappa shape index (κ2) is 4.84. The standard InChI is InChI=1S/C11H19N3/c1-8(2)13-10-6-5-7-12-11(10)14-9(3)4/h5-9,13H,1-4H3,(H,12,14). The van der Waals surface area contributed by atoms with Crippen LogP contribution in [0, 0.1) is 0 Å². The second-order valence-electron chi connectivity index (χ2n) is 4.00. The number of hydrogen-bond acceptors (Lipinski definition) is 3. The normalized spacial score (nSPS) is 10.7. The van der Waals surface area contributed by atoms with Crippen molar-refractivity contribution in [3.8, 4) is 0 Å². The van der Waals surface area contributed by atoms with Crippen LogP contribution < -0.4 is 10.6 Å². The van der Waals surface area contributed by atoms with E-state index in [0.717, 1.165) is 11.5 Å². The van der Waals surface area contributed by atoms with Crippen molar-refractivity contribution in [1.82, 2.24) is 4.98 Å². The van der Waals surface area contributed by atoms with Crippen LogP contribution in [-0.4, -0.2) is 17.1 Å². The lowest BCUT2D eigenvalue weighted by Crippen LogP contribution is -2.16. The maximum atomic E-state index is 4.30. The molecule has 1 heterocycles. The molecule has 0 fully saturated rings. The van der Waals surface area contributed by atoms with Crippen LogP contribution in [0.1, 0.15) is 27.7 Å². The first-order valence-corrected chi connectivity index (χ1v) is 5.07. The molecule has 0 radical (unpaired) electrons. The zero-order chi connectivity index (χ0) is 10.6. The third-order valence-corrected chi connectivity index (χ3v) is 1.68. The van der Waals surface area contributed by atoms with E-state index in [1.165, 1.54) is 0 Å². The summed E-state index contributed by atoms with van der Waals surface area (Å²) in [6.45, 7) is 8.44. The summed E-state index contributed by atoms with van der Waals surface area (Å²) in [5.74, 6) is 0.927. The lowest BCUT2D eigenvalue weighted by molar-refractivity contribution is 0.874. The Hall–Kier alpha value is -1.25. The van der Waals surface area contributed by atoms with Gasteiger partial charge in [0.2, 0.25) is 0 Å². The number of nitrogens with one attached hydrogen (secondary N) is 2. The van der Waals surface area contributed by atoms with Gasteiger partial charge >= 0.3 is 0 Å². The molecular weight excluding hydrogens is 174 g/mol. The summed E-state index contributed by atoms with van der Waals surface area (Å²) in [6, 6.07) is 4.80. The molecule has 1 aromatic rings. The average molecular weight is 193 g/mol. The number of anilines is 2. The molecule has 0 spiro atoms. The van der Waals surface area contributed by atoms with Gasteiger partial charge in [0.1, 0.15) is 5.82 Å². The minimum Gasteiger partial charge on any atom is -0.380 e. The van der Waals surface area contributed by atoms with Gasteiger partial charge in [-0.25, -0.2) is 4.98 Å². The fourth-order valence-corrected chi connectivity index (χ4v) is 1.22. The molecule has 0 saturated carbocycles. The Morgan fingerprint density at radius 1 is 1.07 bits per heavy atom. The molecule has 1 rings (SSSR count). The first-order valence-electron chi connectivity index (χ1n) is 5.07. The second-order valence-corrected chi connectivity index (χ2v) is 4.00. The van der Waals surface area contributed by atoms with Crippen LogP contribution in [0.5, 0.6) is 0 Å². The van der Waals surface area contributed by atoms with Gasteiger partial charge in [0, 0.05) is 18.3 Å². The van der Waals surface area contributed by atoms with E-state index in [2.05, 4.69) is 43.3 Å². The molecule has 0 bridgehead atoms. The van der Waals surface area contributed by atoms with Crippen LogP contribution in [0.2, 0.25) is 0 Å². The predicted molar refractivity (Wildman–Crippen MR) is 61.8 cm³/mol. The quantitative estimate of drug-likeness (QED) is 0.772. The van der Waals surface area contributed by atoms with Crippen LogP contribution in [0.3, 0.4) is 0 Å². The van der Waals surface area contributed by atoms with Crippen LogP contribution >= 0.6 is 0 Å². The van der Waals surface area contributed by atoms with Gasteiger partial charge in [-0.1, -0.05) is 0 Å². The van der Waals surface area contributed by atoms with E-state index < -0.39 is 0 Å². The minimum absolute atomic E-state index is 0.401. The van der Waals surface area contributed by atoms with Crippen molar-refractivity contribution in [3.63, 3.8) is 0 Å². The summed E-state index contributed by atoms with van der Waals surface area (Å²) in [6.07, 6.45) is 1.80. The molecular formula is C11H19N3. The fraction of sp³-hybridized carbons (Fsp3) is 0.545. The number of pyridine rings is 1. The summed E-state index contributed by atoms with van der Waals surface area (Å²) in [4.78, 5) is 4.30. The van der Waals surface area contributed by atoms with Crippen molar-refractivity contribution in [2.75, 3.05) is 10.6 Å². The zero-order valence-corrected chi connectivity index (χ0v) is 9.33. The predicted octanol–water partition coefficient (Wildman–Crippen LogP) is 2.72. The Morgan fingerprint density at radius 2 is 1.71 bits per heavy atom. The van der Waals surface area contributed by atoms with E-state index in [4.69, 9.17) is 0 Å². The van der Waals surface area contributed by atoms with Gasteiger partial charge in [0.15, 0.2) is 0 Å². The molecule has 78 valence electrons. The molecule has 2 N–H and O–H groups in total. The highest BCUT2D eigenvalue weighted by Crippen LogP contribution is 2.19. The fourth-order valence-electron chi connectivity index (χ4n) is 1.22. The molecule has 0 aliphatic rings. The van der Waals surface area contributed by atoms with E-state index >= 15 is 0 Å². The van der Waals surface area contributed by atoms with Crippen molar-refractivity contribution in [3.05, 3.63) is 18.3 Å². The smallest absolute Gasteiger partial charge is 0.149 e. The largest absolute Gasteiger partial charge is 0.380 e. The van der Waals surface area contributed by atoms with E-state index in [1.54, 1.807) is 6.20 Å². The lowest BCUT2D eigenvalue weighted by Gasteiger charge is -2.16. The van der Waals surface area contributed by atoms with E-state index in [9.17, 15) is 0 Å². The maximum absolute atomic E-state index is 4.30. The highest BCUT2D eigenvalue weighted by molar-refractivity contribution is 5.64. The van der Waals surface area contributed by atoms with Crippen molar-refractivity contribution >= 4 is 11.5 Å². The Bertz CT molecular complexity index is 253. The summed E-state index contributed by atoms with van der Waals surface area (Å²) in [7, 11) is 0. The Labute approximate surface area is 85.9 Å². The molecule has 0 amide bonds. The van der Waals surface area contributed by atoms with Crippen LogP contribution in [0.25, 0.3) is 0 Å². The van der Waals surface area contributed by atoms with Gasteiger partial charge < -0.3 is 10.6 Å². The first-order chi connectivity index (χ1) is 6.59. The minimum atomic E-state index is 0.401. The molecule has 0 aliphatic heterocycles. The molecule has 14 heavy (non-hydrogen) atoms. The SMILES string of the molecule is CC(C)Nc1cccnc1NC(C)C. The number of aromatic nitrogens is 1.